The minimum atomic E-state index is -0.376. The van der Waals surface area contributed by atoms with Crippen molar-refractivity contribution in [3.63, 3.8) is 0 Å². The molecule has 0 spiro atoms. The first-order valence-corrected chi connectivity index (χ1v) is 5.77. The third-order valence-electron chi connectivity index (χ3n) is 3.24. The van der Waals surface area contributed by atoms with E-state index < -0.39 is 0 Å². The summed E-state index contributed by atoms with van der Waals surface area (Å²) in [5.74, 6) is 0.158. The normalized spacial score (nSPS) is 19.4. The van der Waals surface area contributed by atoms with Crippen molar-refractivity contribution in [2.75, 3.05) is 0 Å². The van der Waals surface area contributed by atoms with E-state index in [0.717, 1.165) is 5.56 Å². The summed E-state index contributed by atoms with van der Waals surface area (Å²) in [6, 6.07) is 4.79. The highest BCUT2D eigenvalue weighted by Crippen LogP contribution is 2.34. The van der Waals surface area contributed by atoms with Gasteiger partial charge in [-0.15, -0.1) is 0 Å². The molecule has 2 rings (SSSR count). The molecule has 2 N–H and O–H groups in total. The first kappa shape index (κ1) is 10.9. The molecule has 3 heteroatoms. The Morgan fingerprint density at radius 2 is 2.00 bits per heavy atom. The zero-order chi connectivity index (χ0) is 10.8. The molecule has 0 amide bonds. The fraction of sp³-hybridized carbons (Fsp3) is 0.500. The Hall–Kier alpha value is -0.600. The minimum Gasteiger partial charge on any atom is -0.324 e. The summed E-state index contributed by atoms with van der Waals surface area (Å²) in [6.07, 6.45) is 4.87. The number of halogens is 2. The van der Waals surface area contributed by atoms with E-state index in [4.69, 9.17) is 17.3 Å². The molecule has 1 aliphatic carbocycles. The van der Waals surface area contributed by atoms with E-state index in [9.17, 15) is 4.39 Å². The number of nitrogens with two attached hydrogens (primary N) is 1. The maximum Gasteiger partial charge on any atom is 0.141 e. The smallest absolute Gasteiger partial charge is 0.141 e. The lowest BCUT2D eigenvalue weighted by atomic mass is 9.92. The summed E-state index contributed by atoms with van der Waals surface area (Å²) in [7, 11) is 0. The molecule has 0 aromatic heterocycles. The molecule has 1 atom stereocenters. The Morgan fingerprint density at radius 1 is 1.33 bits per heavy atom. The van der Waals surface area contributed by atoms with E-state index in [-0.39, 0.29) is 16.9 Å². The van der Waals surface area contributed by atoms with Gasteiger partial charge in [0.2, 0.25) is 0 Å². The molecule has 0 heterocycles. The Bertz CT molecular complexity index is 347. The second-order valence-corrected chi connectivity index (χ2v) is 4.65. The van der Waals surface area contributed by atoms with Gasteiger partial charge in [-0.3, -0.25) is 0 Å². The van der Waals surface area contributed by atoms with Crippen LogP contribution in [0.3, 0.4) is 0 Å². The molecule has 1 saturated carbocycles. The van der Waals surface area contributed by atoms with Crippen LogP contribution in [0.15, 0.2) is 18.2 Å². The van der Waals surface area contributed by atoms with Gasteiger partial charge >= 0.3 is 0 Å². The van der Waals surface area contributed by atoms with E-state index in [1.165, 1.54) is 31.7 Å². The van der Waals surface area contributed by atoms with Crippen molar-refractivity contribution >= 4 is 11.6 Å². The van der Waals surface area contributed by atoms with Crippen LogP contribution in [0.1, 0.15) is 37.3 Å². The summed E-state index contributed by atoms with van der Waals surface area (Å²) in [4.78, 5) is 0. The number of rotatable bonds is 2. The molecule has 1 fully saturated rings. The third-order valence-corrected chi connectivity index (χ3v) is 3.53. The second-order valence-electron chi connectivity index (χ2n) is 4.24. The van der Waals surface area contributed by atoms with Crippen molar-refractivity contribution in [1.29, 1.82) is 0 Å². The molecular weight excluding hydrogens is 213 g/mol. The van der Waals surface area contributed by atoms with Crippen molar-refractivity contribution in [2.24, 2.45) is 11.7 Å². The lowest BCUT2D eigenvalue weighted by molar-refractivity contribution is 0.444. The van der Waals surface area contributed by atoms with Crippen LogP contribution in [-0.2, 0) is 0 Å². The Labute approximate surface area is 94.4 Å². The Balaban J connectivity index is 2.17. The molecule has 1 unspecified atom stereocenters. The van der Waals surface area contributed by atoms with Gasteiger partial charge in [0, 0.05) is 6.04 Å². The monoisotopic (exact) mass is 227 g/mol. The van der Waals surface area contributed by atoms with Crippen LogP contribution in [0.5, 0.6) is 0 Å². The topological polar surface area (TPSA) is 26.0 Å². The maximum atomic E-state index is 13.0. The molecule has 0 saturated heterocycles. The molecular formula is C12H15ClFN. The first-order chi connectivity index (χ1) is 7.18. The SMILES string of the molecule is NC(c1ccc(F)c(Cl)c1)C1CCCC1. The van der Waals surface area contributed by atoms with E-state index in [0.29, 0.717) is 5.92 Å². The van der Waals surface area contributed by atoms with Crippen molar-refractivity contribution < 1.29 is 4.39 Å². The van der Waals surface area contributed by atoms with Crippen LogP contribution < -0.4 is 5.73 Å². The number of benzene rings is 1. The van der Waals surface area contributed by atoms with Crippen LogP contribution in [-0.4, -0.2) is 0 Å². The molecule has 15 heavy (non-hydrogen) atoms. The van der Waals surface area contributed by atoms with E-state index in [1.54, 1.807) is 12.1 Å². The van der Waals surface area contributed by atoms with Gasteiger partial charge in [0.25, 0.3) is 0 Å². The molecule has 1 aromatic rings. The second kappa shape index (κ2) is 4.50. The zero-order valence-electron chi connectivity index (χ0n) is 8.55. The Morgan fingerprint density at radius 3 is 2.60 bits per heavy atom. The van der Waals surface area contributed by atoms with Crippen molar-refractivity contribution in [1.82, 2.24) is 0 Å². The van der Waals surface area contributed by atoms with Crippen LogP contribution in [0.2, 0.25) is 5.02 Å². The van der Waals surface area contributed by atoms with Crippen LogP contribution in [0, 0.1) is 11.7 Å². The summed E-state index contributed by atoms with van der Waals surface area (Å²) in [5, 5.41) is 0.168. The molecule has 82 valence electrons. The fourth-order valence-electron chi connectivity index (χ4n) is 2.31. The van der Waals surface area contributed by atoms with Crippen molar-refractivity contribution in [2.45, 2.75) is 31.7 Å². The average molecular weight is 228 g/mol. The van der Waals surface area contributed by atoms with Gasteiger partial charge in [-0.2, -0.15) is 0 Å². The lowest BCUT2D eigenvalue weighted by Gasteiger charge is -2.19. The first-order valence-electron chi connectivity index (χ1n) is 5.39. The summed E-state index contributed by atoms with van der Waals surface area (Å²) in [6.45, 7) is 0. The predicted molar refractivity (Wildman–Crippen MR) is 60.3 cm³/mol. The summed E-state index contributed by atoms with van der Waals surface area (Å²) < 4.78 is 13.0. The van der Waals surface area contributed by atoms with Crippen LogP contribution in [0.4, 0.5) is 4.39 Å². The quantitative estimate of drug-likeness (QED) is 0.820. The van der Waals surface area contributed by atoms with Gasteiger partial charge in [0.05, 0.1) is 5.02 Å². The van der Waals surface area contributed by atoms with Gasteiger partial charge in [-0.05, 0) is 36.5 Å². The predicted octanol–water partition coefficient (Wildman–Crippen LogP) is 3.67. The van der Waals surface area contributed by atoms with Gasteiger partial charge < -0.3 is 5.73 Å². The Kier molecular flexibility index (Phi) is 3.27. The van der Waals surface area contributed by atoms with E-state index in [1.807, 2.05) is 0 Å². The summed E-state index contributed by atoms with van der Waals surface area (Å²) in [5.41, 5.74) is 7.09. The van der Waals surface area contributed by atoms with E-state index >= 15 is 0 Å². The molecule has 0 aliphatic heterocycles. The highest BCUT2D eigenvalue weighted by molar-refractivity contribution is 6.30. The highest BCUT2D eigenvalue weighted by atomic mass is 35.5. The van der Waals surface area contributed by atoms with E-state index in [2.05, 4.69) is 0 Å². The molecule has 1 aromatic carbocycles. The fourth-order valence-corrected chi connectivity index (χ4v) is 2.50. The van der Waals surface area contributed by atoms with Crippen LogP contribution in [0.25, 0.3) is 0 Å². The van der Waals surface area contributed by atoms with Crippen LogP contribution >= 0.6 is 11.6 Å². The minimum absolute atomic E-state index is 0.00519. The largest absolute Gasteiger partial charge is 0.324 e. The molecule has 0 radical (unpaired) electrons. The molecule has 1 nitrogen and oxygen atoms in total. The third kappa shape index (κ3) is 2.32. The average Bonchev–Trinajstić information content (AvgIpc) is 2.74. The van der Waals surface area contributed by atoms with Crippen molar-refractivity contribution in [3.8, 4) is 0 Å². The van der Waals surface area contributed by atoms with Gasteiger partial charge in [0.15, 0.2) is 0 Å². The number of hydrogen-bond donors (Lipinski definition) is 1. The molecule has 1 aliphatic rings. The van der Waals surface area contributed by atoms with Gasteiger partial charge in [0.1, 0.15) is 5.82 Å². The highest BCUT2D eigenvalue weighted by Gasteiger charge is 2.23. The number of hydrogen-bond acceptors (Lipinski definition) is 1. The zero-order valence-corrected chi connectivity index (χ0v) is 9.30. The van der Waals surface area contributed by atoms with Crippen molar-refractivity contribution in [3.05, 3.63) is 34.6 Å². The standard InChI is InChI=1S/C12H15ClFN/c13-10-7-9(5-6-11(10)14)12(15)8-3-1-2-4-8/h5-8,12H,1-4,15H2. The maximum absolute atomic E-state index is 13.0. The van der Waals surface area contributed by atoms with Gasteiger partial charge in [-0.1, -0.05) is 30.5 Å². The molecule has 0 bridgehead atoms. The lowest BCUT2D eigenvalue weighted by Crippen LogP contribution is -2.19. The van der Waals surface area contributed by atoms with Gasteiger partial charge in [-0.25, -0.2) is 4.39 Å². The summed E-state index contributed by atoms with van der Waals surface area (Å²) >= 11 is 5.73.